The van der Waals surface area contributed by atoms with Crippen molar-refractivity contribution < 1.29 is 18.1 Å². The molecule has 0 aromatic heterocycles. The predicted molar refractivity (Wildman–Crippen MR) is 98.3 cm³/mol. The largest absolute Gasteiger partial charge is 0.418 e. The van der Waals surface area contributed by atoms with E-state index in [9.17, 15) is 23.3 Å². The number of anilines is 2. The average Bonchev–Trinajstić information content (AvgIpc) is 2.93. The molecule has 1 fully saturated rings. The summed E-state index contributed by atoms with van der Waals surface area (Å²) in [6, 6.07) is 12.0. The molecule has 146 valence electrons. The fourth-order valence-corrected chi connectivity index (χ4v) is 3.30. The number of hydrogen-bond acceptors (Lipinski definition) is 5. The Morgan fingerprint density at radius 1 is 1.00 bits per heavy atom. The van der Waals surface area contributed by atoms with Gasteiger partial charge in [-0.3, -0.25) is 10.1 Å². The van der Waals surface area contributed by atoms with Gasteiger partial charge in [-0.1, -0.05) is 0 Å². The van der Waals surface area contributed by atoms with E-state index in [1.807, 2.05) is 18.2 Å². The second kappa shape index (κ2) is 7.76. The number of benzene rings is 2. The van der Waals surface area contributed by atoms with Crippen LogP contribution in [0.2, 0.25) is 0 Å². The third-order valence-corrected chi connectivity index (χ3v) is 4.69. The molecule has 0 N–H and O–H groups in total. The molecule has 9 heteroatoms. The van der Waals surface area contributed by atoms with Crippen LogP contribution in [0.5, 0.6) is 0 Å². The van der Waals surface area contributed by atoms with E-state index in [-0.39, 0.29) is 5.69 Å². The lowest BCUT2D eigenvalue weighted by molar-refractivity contribution is -0.385. The number of hydrogen-bond donors (Lipinski definition) is 0. The van der Waals surface area contributed by atoms with Crippen molar-refractivity contribution in [1.82, 2.24) is 0 Å². The molecule has 3 rings (SSSR count). The average molecular weight is 390 g/mol. The molecule has 0 spiro atoms. The lowest BCUT2D eigenvalue weighted by atomic mass is 10.1. The molecule has 28 heavy (non-hydrogen) atoms. The van der Waals surface area contributed by atoms with Crippen molar-refractivity contribution in [2.24, 2.45) is 0 Å². The van der Waals surface area contributed by atoms with E-state index < -0.39 is 22.4 Å². The Bertz CT molecular complexity index is 907. The normalized spacial score (nSPS) is 15.1. The molecule has 1 aliphatic rings. The monoisotopic (exact) mass is 390 g/mol. The zero-order chi connectivity index (χ0) is 20.3. The zero-order valence-corrected chi connectivity index (χ0v) is 14.8. The van der Waals surface area contributed by atoms with Gasteiger partial charge in [-0.05, 0) is 36.8 Å². The molecule has 1 heterocycles. The summed E-state index contributed by atoms with van der Waals surface area (Å²) in [7, 11) is 0. The summed E-state index contributed by atoms with van der Waals surface area (Å²) < 4.78 is 40.4. The minimum absolute atomic E-state index is 0.0419. The molecular formula is C19H17F3N4O2. The summed E-state index contributed by atoms with van der Waals surface area (Å²) in [5.41, 5.74) is -0.167. The lowest BCUT2D eigenvalue weighted by Crippen LogP contribution is -2.31. The van der Waals surface area contributed by atoms with Crippen molar-refractivity contribution in [3.8, 4) is 6.07 Å². The maximum absolute atomic E-state index is 13.5. The van der Waals surface area contributed by atoms with Gasteiger partial charge < -0.3 is 9.80 Å². The second-order valence-corrected chi connectivity index (χ2v) is 6.44. The molecule has 0 radical (unpaired) electrons. The van der Waals surface area contributed by atoms with Crippen LogP contribution in [0, 0.1) is 21.4 Å². The van der Waals surface area contributed by atoms with Crippen LogP contribution in [0.3, 0.4) is 0 Å². The molecular weight excluding hydrogens is 373 g/mol. The molecule has 1 aliphatic heterocycles. The van der Waals surface area contributed by atoms with E-state index in [0.29, 0.717) is 44.2 Å². The van der Waals surface area contributed by atoms with Crippen LogP contribution >= 0.6 is 0 Å². The third kappa shape index (κ3) is 4.17. The van der Waals surface area contributed by atoms with E-state index in [0.717, 1.165) is 11.8 Å². The third-order valence-electron chi connectivity index (χ3n) is 4.69. The number of non-ortho nitro benzene ring substituents is 1. The molecule has 2 aromatic carbocycles. The highest BCUT2D eigenvalue weighted by atomic mass is 19.4. The van der Waals surface area contributed by atoms with Crippen molar-refractivity contribution >= 4 is 17.1 Å². The van der Waals surface area contributed by atoms with Crippen LogP contribution in [-0.2, 0) is 6.18 Å². The van der Waals surface area contributed by atoms with E-state index in [2.05, 4.69) is 4.90 Å². The van der Waals surface area contributed by atoms with Gasteiger partial charge >= 0.3 is 6.18 Å². The van der Waals surface area contributed by atoms with Crippen LogP contribution in [0.25, 0.3) is 0 Å². The summed E-state index contributed by atoms with van der Waals surface area (Å²) in [5, 5.41) is 19.8. The van der Waals surface area contributed by atoms with Gasteiger partial charge in [0.25, 0.3) is 5.69 Å². The van der Waals surface area contributed by atoms with E-state index >= 15 is 0 Å². The lowest BCUT2D eigenvalue weighted by Gasteiger charge is -2.27. The number of halogens is 3. The first-order valence-corrected chi connectivity index (χ1v) is 8.65. The highest BCUT2D eigenvalue weighted by Gasteiger charge is 2.36. The smallest absolute Gasteiger partial charge is 0.370 e. The fourth-order valence-electron chi connectivity index (χ4n) is 3.30. The number of nitro groups is 1. The van der Waals surface area contributed by atoms with Gasteiger partial charge in [-0.2, -0.15) is 18.4 Å². The molecule has 0 amide bonds. The number of rotatable bonds is 3. The first kappa shape index (κ1) is 19.5. The van der Waals surface area contributed by atoms with E-state index in [4.69, 9.17) is 5.26 Å². The van der Waals surface area contributed by atoms with Crippen LogP contribution in [0.4, 0.5) is 30.2 Å². The predicted octanol–water partition coefficient (Wildman–Crippen LogP) is 4.20. The quantitative estimate of drug-likeness (QED) is 0.580. The minimum atomic E-state index is -4.68. The minimum Gasteiger partial charge on any atom is -0.370 e. The number of nitro benzene ring substituents is 1. The van der Waals surface area contributed by atoms with E-state index in [1.54, 1.807) is 17.0 Å². The Balaban J connectivity index is 1.83. The van der Waals surface area contributed by atoms with Gasteiger partial charge in [0, 0.05) is 49.7 Å². The topological polar surface area (TPSA) is 73.4 Å². The molecule has 0 atom stereocenters. The molecule has 0 unspecified atom stereocenters. The Hall–Kier alpha value is -3.28. The summed E-state index contributed by atoms with van der Waals surface area (Å²) in [6.07, 6.45) is -4.05. The molecule has 0 bridgehead atoms. The van der Waals surface area contributed by atoms with Crippen molar-refractivity contribution in [2.75, 3.05) is 36.0 Å². The summed E-state index contributed by atoms with van der Waals surface area (Å²) in [4.78, 5) is 13.7. The van der Waals surface area contributed by atoms with Crippen LogP contribution in [0.1, 0.15) is 17.5 Å². The molecule has 6 nitrogen and oxygen atoms in total. The van der Waals surface area contributed by atoms with Gasteiger partial charge in [0.05, 0.1) is 22.1 Å². The SMILES string of the molecule is N#Cc1ccc(N2CCCN(c3ccc([N+](=O)[O-])cc3C(F)(F)F)CC2)cc1. The van der Waals surface area contributed by atoms with Crippen molar-refractivity contribution in [3.63, 3.8) is 0 Å². The summed E-state index contributed by atoms with van der Waals surface area (Å²) in [6.45, 7) is 1.92. The van der Waals surface area contributed by atoms with Crippen LogP contribution in [-0.4, -0.2) is 31.1 Å². The molecule has 0 aliphatic carbocycles. The highest BCUT2D eigenvalue weighted by Crippen LogP contribution is 2.39. The maximum atomic E-state index is 13.5. The van der Waals surface area contributed by atoms with Crippen molar-refractivity contribution in [3.05, 3.63) is 63.7 Å². The van der Waals surface area contributed by atoms with Gasteiger partial charge in [0.1, 0.15) is 0 Å². The standard InChI is InChI=1S/C19H17F3N4O2/c20-19(21,22)17-12-16(26(27)28)6-7-18(17)25-9-1-8-24(10-11-25)15-4-2-14(13-23)3-5-15/h2-7,12H,1,8-11H2. The van der Waals surface area contributed by atoms with Gasteiger partial charge in [0.2, 0.25) is 0 Å². The number of alkyl halides is 3. The molecule has 1 saturated heterocycles. The highest BCUT2D eigenvalue weighted by molar-refractivity contribution is 5.60. The zero-order valence-electron chi connectivity index (χ0n) is 14.8. The maximum Gasteiger partial charge on any atom is 0.418 e. The van der Waals surface area contributed by atoms with Gasteiger partial charge in [-0.15, -0.1) is 0 Å². The molecule has 0 saturated carbocycles. The fraction of sp³-hybridized carbons (Fsp3) is 0.316. The van der Waals surface area contributed by atoms with Gasteiger partial charge in [-0.25, -0.2) is 0 Å². The first-order chi connectivity index (χ1) is 13.3. The van der Waals surface area contributed by atoms with Crippen molar-refractivity contribution in [1.29, 1.82) is 5.26 Å². The Morgan fingerprint density at radius 2 is 1.64 bits per heavy atom. The summed E-state index contributed by atoms with van der Waals surface area (Å²) >= 11 is 0. The number of nitriles is 1. The Kier molecular flexibility index (Phi) is 5.40. The summed E-state index contributed by atoms with van der Waals surface area (Å²) in [5.74, 6) is 0. The van der Waals surface area contributed by atoms with E-state index in [1.165, 1.54) is 6.07 Å². The Labute approximate surface area is 159 Å². The second-order valence-electron chi connectivity index (χ2n) is 6.44. The first-order valence-electron chi connectivity index (χ1n) is 8.65. The van der Waals surface area contributed by atoms with Gasteiger partial charge in [0.15, 0.2) is 0 Å². The molecule has 2 aromatic rings. The van der Waals surface area contributed by atoms with Crippen molar-refractivity contribution in [2.45, 2.75) is 12.6 Å². The Morgan fingerprint density at radius 3 is 2.25 bits per heavy atom. The van der Waals surface area contributed by atoms with Crippen LogP contribution in [0.15, 0.2) is 42.5 Å². The van der Waals surface area contributed by atoms with Crippen LogP contribution < -0.4 is 9.80 Å². The number of nitrogens with zero attached hydrogens (tertiary/aromatic N) is 4.